The van der Waals surface area contributed by atoms with Gasteiger partial charge in [-0.05, 0) is 23.2 Å². The van der Waals surface area contributed by atoms with Gasteiger partial charge in [0.1, 0.15) is 0 Å². The smallest absolute Gasteiger partial charge is 0.380 e. The third-order valence-electron chi connectivity index (χ3n) is 2.97. The van der Waals surface area contributed by atoms with Crippen LogP contribution in [-0.4, -0.2) is 44.9 Å². The Labute approximate surface area is 116 Å². The molecule has 106 valence electrons. The Morgan fingerprint density at radius 2 is 1.53 bits per heavy atom. The van der Waals surface area contributed by atoms with Gasteiger partial charge in [0.25, 0.3) is 0 Å². The molecule has 0 atom stereocenters. The second-order valence-corrected chi connectivity index (χ2v) is 4.87. The third kappa shape index (κ3) is 3.01. The maximum absolute atomic E-state index is 12.6. The minimum atomic E-state index is -4.65. The van der Waals surface area contributed by atoms with Crippen LogP contribution in [0.4, 0.5) is 19.1 Å². The van der Waals surface area contributed by atoms with Gasteiger partial charge in [0.2, 0.25) is 16.5 Å². The van der Waals surface area contributed by atoms with Gasteiger partial charge in [-0.15, -0.1) is 0 Å². The Morgan fingerprint density at radius 3 is 1.95 bits per heavy atom. The molecule has 1 aromatic rings. The molecule has 2 rings (SSSR count). The van der Waals surface area contributed by atoms with Crippen LogP contribution in [-0.2, 0) is 0 Å². The molecular formula is C9H9Cl2F3N4O. The molecule has 1 aliphatic heterocycles. The van der Waals surface area contributed by atoms with Gasteiger partial charge in [-0.25, -0.2) is 0 Å². The van der Waals surface area contributed by atoms with Gasteiger partial charge in [-0.1, -0.05) is 0 Å². The largest absolute Gasteiger partial charge is 0.417 e. The van der Waals surface area contributed by atoms with Gasteiger partial charge in [0.15, 0.2) is 5.60 Å². The molecule has 0 aliphatic carbocycles. The van der Waals surface area contributed by atoms with E-state index < -0.39 is 24.6 Å². The monoisotopic (exact) mass is 316 g/mol. The third-order valence-corrected chi connectivity index (χ3v) is 3.31. The number of piperidine rings is 1. The molecule has 0 amide bonds. The van der Waals surface area contributed by atoms with Gasteiger partial charge < -0.3 is 10.0 Å². The van der Waals surface area contributed by atoms with E-state index in [1.165, 1.54) is 4.90 Å². The number of halogens is 5. The number of aromatic nitrogens is 3. The number of anilines is 1. The van der Waals surface area contributed by atoms with E-state index in [0.717, 1.165) is 0 Å². The van der Waals surface area contributed by atoms with Crippen molar-refractivity contribution in [3.05, 3.63) is 10.6 Å². The van der Waals surface area contributed by atoms with E-state index in [4.69, 9.17) is 23.2 Å². The second kappa shape index (κ2) is 4.92. The summed E-state index contributed by atoms with van der Waals surface area (Å²) < 4.78 is 37.9. The summed E-state index contributed by atoms with van der Waals surface area (Å²) in [4.78, 5) is 12.6. The summed E-state index contributed by atoms with van der Waals surface area (Å²) in [5.74, 6) is 0.106. The molecule has 0 bridgehead atoms. The van der Waals surface area contributed by atoms with Crippen molar-refractivity contribution in [1.29, 1.82) is 0 Å². The molecule has 2 heterocycles. The average molecular weight is 317 g/mol. The predicted octanol–water partition coefficient (Wildman–Crippen LogP) is 2.07. The number of hydrogen-bond acceptors (Lipinski definition) is 5. The van der Waals surface area contributed by atoms with Crippen molar-refractivity contribution in [2.45, 2.75) is 24.6 Å². The van der Waals surface area contributed by atoms with Crippen LogP contribution in [0.3, 0.4) is 0 Å². The Morgan fingerprint density at radius 1 is 1.05 bits per heavy atom. The molecule has 1 aliphatic rings. The standard InChI is InChI=1S/C9H9Cl2F3N4O/c10-5-15-6(11)17-7(16-5)18-3-1-8(19,2-4-18)9(12,13)14/h19H,1-4H2. The quantitative estimate of drug-likeness (QED) is 0.859. The zero-order valence-electron chi connectivity index (χ0n) is 9.45. The molecule has 1 aromatic heterocycles. The molecule has 0 unspecified atom stereocenters. The fourth-order valence-electron chi connectivity index (χ4n) is 1.82. The fourth-order valence-corrected chi connectivity index (χ4v) is 2.17. The van der Waals surface area contributed by atoms with Crippen LogP contribution in [0, 0.1) is 0 Å². The van der Waals surface area contributed by atoms with Gasteiger partial charge in [0.05, 0.1) is 0 Å². The van der Waals surface area contributed by atoms with Crippen molar-refractivity contribution in [1.82, 2.24) is 15.0 Å². The van der Waals surface area contributed by atoms with Crippen molar-refractivity contribution in [2.24, 2.45) is 0 Å². The normalized spacial score (nSPS) is 19.6. The number of hydrogen-bond donors (Lipinski definition) is 1. The Bertz CT molecular complexity index is 457. The van der Waals surface area contributed by atoms with Gasteiger partial charge in [0, 0.05) is 25.9 Å². The summed E-state index contributed by atoms with van der Waals surface area (Å²) in [6.07, 6.45) is -5.57. The molecule has 10 heteroatoms. The number of nitrogens with zero attached hydrogens (tertiary/aromatic N) is 4. The van der Waals surface area contributed by atoms with Gasteiger partial charge >= 0.3 is 6.18 Å². The molecule has 0 aromatic carbocycles. The van der Waals surface area contributed by atoms with Crippen molar-refractivity contribution < 1.29 is 18.3 Å². The highest BCUT2D eigenvalue weighted by Gasteiger charge is 2.54. The number of rotatable bonds is 1. The molecule has 19 heavy (non-hydrogen) atoms. The van der Waals surface area contributed by atoms with Crippen molar-refractivity contribution in [2.75, 3.05) is 18.0 Å². The van der Waals surface area contributed by atoms with E-state index in [1.807, 2.05) is 0 Å². The van der Waals surface area contributed by atoms with Crippen LogP contribution < -0.4 is 4.90 Å². The predicted molar refractivity (Wildman–Crippen MR) is 62.3 cm³/mol. The first-order valence-corrected chi connectivity index (χ1v) is 6.08. The molecule has 0 spiro atoms. The zero-order chi connectivity index (χ0) is 14.3. The first-order chi connectivity index (χ1) is 8.71. The molecule has 0 radical (unpaired) electrons. The van der Waals surface area contributed by atoms with E-state index in [2.05, 4.69) is 15.0 Å². The van der Waals surface area contributed by atoms with Crippen molar-refractivity contribution >= 4 is 29.2 Å². The first-order valence-electron chi connectivity index (χ1n) is 5.32. The van der Waals surface area contributed by atoms with Crippen molar-refractivity contribution in [3.63, 3.8) is 0 Å². The van der Waals surface area contributed by atoms with Crippen LogP contribution >= 0.6 is 23.2 Å². The maximum atomic E-state index is 12.6. The van der Waals surface area contributed by atoms with Gasteiger partial charge in [-0.3, -0.25) is 0 Å². The summed E-state index contributed by atoms with van der Waals surface area (Å²) in [6.45, 7) is -0.0979. The highest BCUT2D eigenvalue weighted by molar-refractivity contribution is 6.31. The Balaban J connectivity index is 2.12. The summed E-state index contributed by atoms with van der Waals surface area (Å²) in [6, 6.07) is 0. The average Bonchev–Trinajstić information content (AvgIpc) is 2.27. The highest BCUT2D eigenvalue weighted by atomic mass is 35.5. The zero-order valence-corrected chi connectivity index (χ0v) is 11.0. The number of aliphatic hydroxyl groups is 1. The maximum Gasteiger partial charge on any atom is 0.417 e. The van der Waals surface area contributed by atoms with Crippen LogP contribution in [0.25, 0.3) is 0 Å². The first kappa shape index (κ1) is 14.5. The lowest BCUT2D eigenvalue weighted by Gasteiger charge is -2.38. The molecule has 1 fully saturated rings. The fraction of sp³-hybridized carbons (Fsp3) is 0.667. The Hall–Kier alpha value is -0.860. The minimum Gasteiger partial charge on any atom is -0.380 e. The summed E-state index contributed by atoms with van der Waals surface area (Å²) in [5.41, 5.74) is -2.66. The van der Waals surface area contributed by atoms with Crippen molar-refractivity contribution in [3.8, 4) is 0 Å². The molecule has 1 saturated heterocycles. The summed E-state index contributed by atoms with van der Waals surface area (Å²) >= 11 is 11.2. The topological polar surface area (TPSA) is 62.1 Å². The van der Waals surface area contributed by atoms with Gasteiger partial charge in [-0.2, -0.15) is 28.1 Å². The lowest BCUT2D eigenvalue weighted by Crippen LogP contribution is -2.53. The Kier molecular flexibility index (Phi) is 3.76. The van der Waals surface area contributed by atoms with E-state index in [0.29, 0.717) is 0 Å². The minimum absolute atomic E-state index is 0.0489. The summed E-state index contributed by atoms with van der Waals surface area (Å²) in [7, 11) is 0. The van der Waals surface area contributed by atoms with E-state index in [1.54, 1.807) is 0 Å². The summed E-state index contributed by atoms with van der Waals surface area (Å²) in [5, 5.41) is 9.26. The van der Waals surface area contributed by atoms with Crippen LogP contribution in [0.1, 0.15) is 12.8 Å². The second-order valence-electron chi connectivity index (χ2n) is 4.19. The van der Waals surface area contributed by atoms with Crippen LogP contribution in [0.2, 0.25) is 10.6 Å². The molecule has 0 saturated carbocycles. The number of alkyl halides is 3. The van der Waals surface area contributed by atoms with E-state index in [9.17, 15) is 18.3 Å². The van der Waals surface area contributed by atoms with E-state index in [-0.39, 0.29) is 29.6 Å². The highest BCUT2D eigenvalue weighted by Crippen LogP contribution is 2.38. The molecule has 1 N–H and O–H groups in total. The van der Waals surface area contributed by atoms with Crippen LogP contribution in [0.15, 0.2) is 0 Å². The van der Waals surface area contributed by atoms with Crippen LogP contribution in [0.5, 0.6) is 0 Å². The molecule has 5 nitrogen and oxygen atoms in total. The lowest BCUT2D eigenvalue weighted by molar-refractivity contribution is -0.266. The van der Waals surface area contributed by atoms with E-state index >= 15 is 0 Å². The SMILES string of the molecule is OC1(C(F)(F)F)CCN(c2nc(Cl)nc(Cl)n2)CC1. The molecular weight excluding hydrogens is 308 g/mol. The lowest BCUT2D eigenvalue weighted by atomic mass is 9.91.